The smallest absolute Gasteiger partial charge is 0.436 e. The second kappa shape index (κ2) is 6.65. The first-order valence-electron chi connectivity index (χ1n) is 7.00. The van der Waals surface area contributed by atoms with Crippen molar-refractivity contribution >= 4 is 27.0 Å². The third-order valence-electron chi connectivity index (χ3n) is 3.23. The normalized spacial score (nSPS) is 12.2. The highest BCUT2D eigenvalue weighted by molar-refractivity contribution is 7.94. The molecule has 0 atom stereocenters. The summed E-state index contributed by atoms with van der Waals surface area (Å²) in [6.45, 7) is 0. The minimum absolute atomic E-state index is 0.0757. The zero-order valence-electron chi connectivity index (χ0n) is 13.1. The molecular weight excluding hydrogens is 393 g/mol. The van der Waals surface area contributed by atoms with Crippen LogP contribution in [-0.2, 0) is 16.2 Å². The second-order valence-electron chi connectivity index (χ2n) is 5.03. The van der Waals surface area contributed by atoms with E-state index in [0.717, 1.165) is 17.4 Å². The molecule has 0 saturated carbocycles. The molecule has 0 unspecified atom stereocenters. The fourth-order valence-electron chi connectivity index (χ4n) is 1.99. The van der Waals surface area contributed by atoms with Crippen molar-refractivity contribution in [1.29, 1.82) is 0 Å². The van der Waals surface area contributed by atoms with Crippen LogP contribution in [0, 0.1) is 0 Å². The molecule has 1 aromatic carbocycles. The lowest BCUT2D eigenvalue weighted by molar-refractivity contribution is -0.142. The van der Waals surface area contributed by atoms with Crippen molar-refractivity contribution in [1.82, 2.24) is 5.16 Å². The lowest BCUT2D eigenvalue weighted by Crippen LogP contribution is -2.11. The van der Waals surface area contributed by atoms with Crippen LogP contribution >= 0.6 is 11.3 Å². The third-order valence-corrected chi connectivity index (χ3v) is 6.20. The maximum Gasteiger partial charge on any atom is 0.436 e. The molecule has 2 aromatic heterocycles. The number of anilines is 1. The number of nitrogens with one attached hydrogen (secondary N) is 1. The van der Waals surface area contributed by atoms with E-state index in [1.807, 2.05) is 0 Å². The first kappa shape index (κ1) is 18.3. The van der Waals surface area contributed by atoms with E-state index < -0.39 is 21.9 Å². The number of aromatic nitrogens is 1. The Morgan fingerprint density at radius 2 is 1.85 bits per heavy atom. The van der Waals surface area contributed by atoms with Gasteiger partial charge in [0.05, 0.1) is 12.0 Å². The number of halogens is 3. The summed E-state index contributed by atoms with van der Waals surface area (Å²) in [5.41, 5.74) is -0.860. The van der Waals surface area contributed by atoms with Crippen LogP contribution in [0.4, 0.5) is 18.9 Å². The number of alkyl halides is 3. The molecule has 0 aliphatic rings. The molecule has 0 bridgehead atoms. The van der Waals surface area contributed by atoms with Crippen LogP contribution in [0.15, 0.2) is 51.2 Å². The van der Waals surface area contributed by atoms with Gasteiger partial charge in [0.15, 0.2) is 11.5 Å². The lowest BCUT2D eigenvalue weighted by atomic mass is 10.3. The van der Waals surface area contributed by atoms with Crippen molar-refractivity contribution in [2.24, 2.45) is 0 Å². The molecule has 2 heterocycles. The first-order chi connectivity index (χ1) is 12.2. The van der Waals surface area contributed by atoms with Crippen LogP contribution in [-0.4, -0.2) is 20.7 Å². The van der Waals surface area contributed by atoms with Gasteiger partial charge in [-0.15, -0.1) is 11.3 Å². The maximum absolute atomic E-state index is 12.6. The highest BCUT2D eigenvalue weighted by Crippen LogP contribution is 2.35. The van der Waals surface area contributed by atoms with Gasteiger partial charge < -0.3 is 9.26 Å². The number of benzene rings is 1. The van der Waals surface area contributed by atoms with E-state index >= 15 is 0 Å². The zero-order valence-corrected chi connectivity index (χ0v) is 14.7. The van der Waals surface area contributed by atoms with Gasteiger partial charge in [-0.3, -0.25) is 4.72 Å². The summed E-state index contributed by atoms with van der Waals surface area (Å²) in [5, 5.41) is 2.95. The minimum atomic E-state index is -4.64. The number of nitrogens with zero attached hydrogens (tertiary/aromatic N) is 1. The number of hydrogen-bond donors (Lipinski definition) is 1. The number of hydrogen-bond acceptors (Lipinski definition) is 6. The van der Waals surface area contributed by atoms with E-state index in [4.69, 9.17) is 4.74 Å². The Kier molecular flexibility index (Phi) is 4.67. The number of sulfonamides is 1. The van der Waals surface area contributed by atoms with Gasteiger partial charge in [0.2, 0.25) is 0 Å². The lowest BCUT2D eigenvalue weighted by Gasteiger charge is -2.06. The summed E-state index contributed by atoms with van der Waals surface area (Å²) in [7, 11) is -2.41. The van der Waals surface area contributed by atoms with Gasteiger partial charge >= 0.3 is 6.18 Å². The zero-order chi connectivity index (χ0) is 18.9. The van der Waals surface area contributed by atoms with Crippen LogP contribution < -0.4 is 9.46 Å². The van der Waals surface area contributed by atoms with Gasteiger partial charge in [-0.1, -0.05) is 5.16 Å². The highest BCUT2D eigenvalue weighted by atomic mass is 32.2. The molecule has 0 radical (unpaired) electrons. The molecule has 0 aliphatic carbocycles. The van der Waals surface area contributed by atoms with E-state index in [-0.39, 0.29) is 14.8 Å². The Labute approximate surface area is 150 Å². The molecule has 11 heteroatoms. The van der Waals surface area contributed by atoms with Crippen molar-refractivity contribution < 1.29 is 30.8 Å². The summed E-state index contributed by atoms with van der Waals surface area (Å²) in [6.07, 6.45) is -4.64. The number of rotatable bonds is 5. The van der Waals surface area contributed by atoms with E-state index in [9.17, 15) is 21.6 Å². The molecule has 1 N–H and O–H groups in total. The van der Waals surface area contributed by atoms with Crippen LogP contribution in [0.25, 0.3) is 10.6 Å². The summed E-state index contributed by atoms with van der Waals surface area (Å²) in [4.78, 5) is 0.211. The van der Waals surface area contributed by atoms with Gasteiger partial charge in [-0.05, 0) is 36.4 Å². The molecule has 0 amide bonds. The summed E-state index contributed by atoms with van der Waals surface area (Å²) < 4.78 is 74.5. The van der Waals surface area contributed by atoms with Crippen LogP contribution in [0.2, 0.25) is 0 Å². The SMILES string of the molecule is COc1ccc(NS(=O)(=O)c2ccc(-c3cc(C(F)(F)F)no3)s2)cc1. The average Bonchev–Trinajstić information content (AvgIpc) is 3.24. The summed E-state index contributed by atoms with van der Waals surface area (Å²) >= 11 is 0.768. The number of methoxy groups -OCH3 is 1. The predicted octanol–water partition coefficient (Wildman–Crippen LogP) is 4.23. The molecule has 3 rings (SSSR count). The quantitative estimate of drug-likeness (QED) is 0.688. The Morgan fingerprint density at radius 1 is 1.15 bits per heavy atom. The summed E-state index contributed by atoms with van der Waals surface area (Å²) in [5.74, 6) is 0.408. The molecule has 0 saturated heterocycles. The van der Waals surface area contributed by atoms with Crippen molar-refractivity contribution in [2.75, 3.05) is 11.8 Å². The minimum Gasteiger partial charge on any atom is -0.497 e. The molecular formula is C15H11F3N2O4S2. The molecule has 0 aliphatic heterocycles. The van der Waals surface area contributed by atoms with Crippen molar-refractivity contribution in [3.05, 3.63) is 48.2 Å². The fraction of sp³-hybridized carbons (Fsp3) is 0.133. The average molecular weight is 404 g/mol. The Balaban J connectivity index is 1.82. The van der Waals surface area contributed by atoms with Crippen molar-refractivity contribution in [3.8, 4) is 16.4 Å². The highest BCUT2D eigenvalue weighted by Gasteiger charge is 2.35. The van der Waals surface area contributed by atoms with Gasteiger partial charge in [0.25, 0.3) is 10.0 Å². The Bertz CT molecular complexity index is 1010. The number of thiophene rings is 1. The van der Waals surface area contributed by atoms with E-state index in [0.29, 0.717) is 11.4 Å². The van der Waals surface area contributed by atoms with Gasteiger partial charge in [-0.25, -0.2) is 8.42 Å². The summed E-state index contributed by atoms with van der Waals surface area (Å²) in [6, 6.07) is 9.58. The molecule has 26 heavy (non-hydrogen) atoms. The van der Waals surface area contributed by atoms with E-state index in [1.54, 1.807) is 12.1 Å². The Hall–Kier alpha value is -2.53. The standard InChI is InChI=1S/C15H11F3N2O4S2/c1-23-10-4-2-9(3-5-10)20-26(21,22)14-7-6-12(25-14)11-8-13(19-24-11)15(16,17)18/h2-8,20H,1H3. The predicted molar refractivity (Wildman–Crippen MR) is 88.6 cm³/mol. The van der Waals surface area contributed by atoms with Crippen LogP contribution in [0.3, 0.4) is 0 Å². The largest absolute Gasteiger partial charge is 0.497 e. The second-order valence-corrected chi connectivity index (χ2v) is 8.02. The fourth-order valence-corrected chi connectivity index (χ4v) is 4.30. The molecule has 3 aromatic rings. The van der Waals surface area contributed by atoms with Crippen LogP contribution in [0.5, 0.6) is 5.75 Å². The first-order valence-corrected chi connectivity index (χ1v) is 9.30. The monoisotopic (exact) mass is 404 g/mol. The molecule has 6 nitrogen and oxygen atoms in total. The third kappa shape index (κ3) is 3.83. The van der Waals surface area contributed by atoms with Gasteiger partial charge in [0, 0.05) is 11.8 Å². The molecule has 0 spiro atoms. The maximum atomic E-state index is 12.6. The van der Waals surface area contributed by atoms with E-state index in [1.165, 1.54) is 31.4 Å². The van der Waals surface area contributed by atoms with Gasteiger partial charge in [-0.2, -0.15) is 13.2 Å². The van der Waals surface area contributed by atoms with Crippen molar-refractivity contribution in [3.63, 3.8) is 0 Å². The Morgan fingerprint density at radius 3 is 2.42 bits per heavy atom. The van der Waals surface area contributed by atoms with Crippen LogP contribution in [0.1, 0.15) is 5.69 Å². The molecule has 138 valence electrons. The van der Waals surface area contributed by atoms with Gasteiger partial charge in [0.1, 0.15) is 9.96 Å². The topological polar surface area (TPSA) is 81.4 Å². The van der Waals surface area contributed by atoms with E-state index in [2.05, 4.69) is 14.4 Å². The van der Waals surface area contributed by atoms with Crippen molar-refractivity contribution in [2.45, 2.75) is 10.4 Å². The molecule has 0 fully saturated rings. The number of ether oxygens (including phenoxy) is 1.